The number of hydrogen-bond donors (Lipinski definition) is 0. The van der Waals surface area contributed by atoms with Crippen LogP contribution in [0.15, 0.2) is 12.2 Å². The lowest BCUT2D eigenvalue weighted by molar-refractivity contribution is -0.137. The van der Waals surface area contributed by atoms with Gasteiger partial charge in [-0.1, -0.05) is 6.08 Å². The van der Waals surface area contributed by atoms with Crippen molar-refractivity contribution in [2.45, 2.75) is 25.7 Å². The third-order valence-electron chi connectivity index (χ3n) is 1.51. The van der Waals surface area contributed by atoms with Gasteiger partial charge in [-0.25, -0.2) is 4.79 Å². The average molecular weight is 140 g/mol. The summed E-state index contributed by atoms with van der Waals surface area (Å²) in [6.45, 7) is 0.586. The smallest absolute Gasteiger partial charge is 0.330 e. The van der Waals surface area contributed by atoms with Crippen LogP contribution in [0.1, 0.15) is 25.7 Å². The number of hydrogen-bond acceptors (Lipinski definition) is 2. The Bertz CT molecular complexity index is 138. The SMILES string of the molecule is O=C1/C=C\CCCCCO1. The first-order valence-electron chi connectivity index (χ1n) is 3.73. The van der Waals surface area contributed by atoms with Gasteiger partial charge in [-0.3, -0.25) is 0 Å². The third-order valence-corrected chi connectivity index (χ3v) is 1.51. The van der Waals surface area contributed by atoms with E-state index >= 15 is 0 Å². The lowest BCUT2D eigenvalue weighted by atomic mass is 10.2. The lowest BCUT2D eigenvalue weighted by Gasteiger charge is -1.97. The fraction of sp³-hybridized carbons (Fsp3) is 0.625. The van der Waals surface area contributed by atoms with Crippen LogP contribution in [0.2, 0.25) is 0 Å². The van der Waals surface area contributed by atoms with Crippen LogP contribution in [0.5, 0.6) is 0 Å². The van der Waals surface area contributed by atoms with Crippen LogP contribution in [0.4, 0.5) is 0 Å². The van der Waals surface area contributed by atoms with Gasteiger partial charge in [0.15, 0.2) is 0 Å². The quantitative estimate of drug-likeness (QED) is 0.478. The zero-order chi connectivity index (χ0) is 7.23. The lowest BCUT2D eigenvalue weighted by Crippen LogP contribution is -2.00. The van der Waals surface area contributed by atoms with E-state index in [2.05, 4.69) is 0 Å². The minimum absolute atomic E-state index is 0.193. The fourth-order valence-electron chi connectivity index (χ4n) is 0.941. The molecule has 0 aliphatic carbocycles. The molecule has 1 heterocycles. The zero-order valence-corrected chi connectivity index (χ0v) is 6.01. The summed E-state index contributed by atoms with van der Waals surface area (Å²) in [5.41, 5.74) is 0. The van der Waals surface area contributed by atoms with Gasteiger partial charge in [-0.2, -0.15) is 0 Å². The Morgan fingerprint density at radius 3 is 3.10 bits per heavy atom. The molecule has 0 amide bonds. The van der Waals surface area contributed by atoms with Crippen molar-refractivity contribution in [2.75, 3.05) is 6.61 Å². The molecular formula is C8H12O2. The molecule has 0 bridgehead atoms. The van der Waals surface area contributed by atoms with Gasteiger partial charge in [0.05, 0.1) is 6.61 Å². The normalized spacial score (nSPS) is 23.8. The Morgan fingerprint density at radius 2 is 2.20 bits per heavy atom. The molecule has 2 nitrogen and oxygen atoms in total. The minimum Gasteiger partial charge on any atom is -0.463 e. The van der Waals surface area contributed by atoms with Gasteiger partial charge >= 0.3 is 5.97 Å². The van der Waals surface area contributed by atoms with Gasteiger partial charge in [0.1, 0.15) is 0 Å². The maximum absolute atomic E-state index is 10.7. The number of rotatable bonds is 0. The van der Waals surface area contributed by atoms with Crippen molar-refractivity contribution in [3.8, 4) is 0 Å². The largest absolute Gasteiger partial charge is 0.463 e. The molecule has 0 saturated heterocycles. The maximum Gasteiger partial charge on any atom is 0.330 e. The van der Waals surface area contributed by atoms with Gasteiger partial charge in [-0.05, 0) is 25.7 Å². The van der Waals surface area contributed by atoms with Crippen molar-refractivity contribution in [3.05, 3.63) is 12.2 Å². The molecule has 0 spiro atoms. The molecule has 10 heavy (non-hydrogen) atoms. The fourth-order valence-corrected chi connectivity index (χ4v) is 0.941. The second kappa shape index (κ2) is 4.09. The van der Waals surface area contributed by atoms with Crippen molar-refractivity contribution >= 4 is 5.97 Å². The monoisotopic (exact) mass is 140 g/mol. The number of cyclic esters (lactones) is 1. The van der Waals surface area contributed by atoms with Crippen molar-refractivity contribution in [1.82, 2.24) is 0 Å². The molecule has 1 rings (SSSR count). The van der Waals surface area contributed by atoms with Gasteiger partial charge in [-0.15, -0.1) is 0 Å². The van der Waals surface area contributed by atoms with E-state index in [1.807, 2.05) is 6.08 Å². The minimum atomic E-state index is -0.193. The summed E-state index contributed by atoms with van der Waals surface area (Å²) in [5, 5.41) is 0. The topological polar surface area (TPSA) is 26.3 Å². The van der Waals surface area contributed by atoms with Crippen molar-refractivity contribution < 1.29 is 9.53 Å². The Hall–Kier alpha value is -0.790. The predicted octanol–water partition coefficient (Wildman–Crippen LogP) is 1.66. The summed E-state index contributed by atoms with van der Waals surface area (Å²) >= 11 is 0. The summed E-state index contributed by atoms with van der Waals surface area (Å²) in [7, 11) is 0. The van der Waals surface area contributed by atoms with Crippen LogP contribution >= 0.6 is 0 Å². The molecule has 0 N–H and O–H groups in total. The van der Waals surface area contributed by atoms with Gasteiger partial charge in [0, 0.05) is 6.08 Å². The maximum atomic E-state index is 10.7. The first-order chi connectivity index (χ1) is 4.89. The van der Waals surface area contributed by atoms with E-state index in [4.69, 9.17) is 4.74 Å². The van der Waals surface area contributed by atoms with E-state index in [0.717, 1.165) is 19.3 Å². The second-order valence-corrected chi connectivity index (χ2v) is 2.42. The van der Waals surface area contributed by atoms with Crippen LogP contribution in [0.3, 0.4) is 0 Å². The van der Waals surface area contributed by atoms with E-state index in [1.165, 1.54) is 12.5 Å². The molecule has 1 aliphatic rings. The van der Waals surface area contributed by atoms with E-state index in [-0.39, 0.29) is 5.97 Å². The molecule has 0 saturated carbocycles. The number of carbonyl (C=O) groups is 1. The summed E-state index contributed by atoms with van der Waals surface area (Å²) < 4.78 is 4.84. The highest BCUT2D eigenvalue weighted by molar-refractivity contribution is 5.81. The molecule has 0 unspecified atom stereocenters. The number of ether oxygens (including phenoxy) is 1. The van der Waals surface area contributed by atoms with Crippen molar-refractivity contribution in [2.24, 2.45) is 0 Å². The van der Waals surface area contributed by atoms with E-state index in [0.29, 0.717) is 6.61 Å². The van der Waals surface area contributed by atoms with E-state index in [9.17, 15) is 4.79 Å². The van der Waals surface area contributed by atoms with Crippen LogP contribution in [-0.4, -0.2) is 12.6 Å². The van der Waals surface area contributed by atoms with Crippen LogP contribution in [0.25, 0.3) is 0 Å². The number of allylic oxidation sites excluding steroid dienone is 1. The van der Waals surface area contributed by atoms with Gasteiger partial charge in [0.2, 0.25) is 0 Å². The van der Waals surface area contributed by atoms with Gasteiger partial charge in [0.25, 0.3) is 0 Å². The highest BCUT2D eigenvalue weighted by Gasteiger charge is 1.98. The standard InChI is InChI=1S/C8H12O2/c9-8-6-4-2-1-3-5-7-10-8/h4,6H,1-3,5,7H2/b6-4-. The van der Waals surface area contributed by atoms with E-state index in [1.54, 1.807) is 0 Å². The highest BCUT2D eigenvalue weighted by atomic mass is 16.5. The Kier molecular flexibility index (Phi) is 3.00. The number of carbonyl (C=O) groups excluding carboxylic acids is 1. The Balaban J connectivity index is 2.35. The molecule has 0 radical (unpaired) electrons. The second-order valence-electron chi connectivity index (χ2n) is 2.42. The van der Waals surface area contributed by atoms with Crippen LogP contribution in [0, 0.1) is 0 Å². The van der Waals surface area contributed by atoms with Crippen LogP contribution in [-0.2, 0) is 9.53 Å². The van der Waals surface area contributed by atoms with Gasteiger partial charge < -0.3 is 4.74 Å². The first kappa shape index (κ1) is 7.32. The molecule has 0 aromatic heterocycles. The molecule has 56 valence electrons. The zero-order valence-electron chi connectivity index (χ0n) is 6.01. The number of esters is 1. The van der Waals surface area contributed by atoms with Crippen molar-refractivity contribution in [1.29, 1.82) is 0 Å². The molecule has 0 aromatic carbocycles. The summed E-state index contributed by atoms with van der Waals surface area (Å²) in [6, 6.07) is 0. The molecule has 2 heteroatoms. The summed E-state index contributed by atoms with van der Waals surface area (Å²) in [4.78, 5) is 10.7. The first-order valence-corrected chi connectivity index (χ1v) is 3.73. The van der Waals surface area contributed by atoms with Crippen molar-refractivity contribution in [3.63, 3.8) is 0 Å². The third kappa shape index (κ3) is 2.67. The summed E-state index contributed by atoms with van der Waals surface area (Å²) in [5.74, 6) is -0.193. The summed E-state index contributed by atoms with van der Waals surface area (Å²) in [6.07, 6.45) is 7.76. The molecule has 0 aromatic rings. The van der Waals surface area contributed by atoms with Crippen LogP contribution < -0.4 is 0 Å². The molecule has 0 fully saturated rings. The molecular weight excluding hydrogens is 128 g/mol. The molecule has 1 aliphatic heterocycles. The Morgan fingerprint density at radius 1 is 1.30 bits per heavy atom. The highest BCUT2D eigenvalue weighted by Crippen LogP contribution is 2.03. The Labute approximate surface area is 60.9 Å². The van der Waals surface area contributed by atoms with E-state index < -0.39 is 0 Å². The average Bonchev–Trinajstić information content (AvgIpc) is 2.02. The molecule has 0 atom stereocenters. The predicted molar refractivity (Wildman–Crippen MR) is 38.6 cm³/mol.